The van der Waals surface area contributed by atoms with Gasteiger partial charge in [-0.25, -0.2) is 0 Å². The SMILES string of the molecule is COc1cccc2c1C(=O)c1c(O)c3c(c(O)c1C2=O)C[C@](O)(C(=O)CO)C[C@H]3O[C@@H]1C[C@@H](N)[C@H](O)[C@@H](C)O1. The van der Waals surface area contributed by atoms with Gasteiger partial charge in [0, 0.05) is 42.0 Å². The van der Waals surface area contributed by atoms with E-state index in [4.69, 9.17) is 19.9 Å². The number of hydrogen-bond acceptors (Lipinski definition) is 12. The summed E-state index contributed by atoms with van der Waals surface area (Å²) in [5.41, 5.74) is 2.37. The quantitative estimate of drug-likeness (QED) is 0.235. The van der Waals surface area contributed by atoms with Crippen LogP contribution in [0.15, 0.2) is 18.2 Å². The molecule has 7 N–H and O–H groups in total. The third-order valence-electron chi connectivity index (χ3n) is 7.81. The van der Waals surface area contributed by atoms with E-state index in [1.54, 1.807) is 6.92 Å². The highest BCUT2D eigenvalue weighted by Crippen LogP contribution is 2.52. The molecule has 5 rings (SSSR count). The molecule has 0 unspecified atom stereocenters. The van der Waals surface area contributed by atoms with Crippen molar-refractivity contribution >= 4 is 17.3 Å². The first-order valence-corrected chi connectivity index (χ1v) is 12.4. The van der Waals surface area contributed by atoms with E-state index in [0.717, 1.165) is 0 Å². The fourth-order valence-electron chi connectivity index (χ4n) is 5.75. The first-order chi connectivity index (χ1) is 18.4. The number of Topliss-reactive ketones (excluding diaryl/α,β-unsaturated/α-hetero) is 1. The zero-order chi connectivity index (χ0) is 28.4. The van der Waals surface area contributed by atoms with Gasteiger partial charge in [0.25, 0.3) is 0 Å². The topological polar surface area (TPSA) is 206 Å². The highest BCUT2D eigenvalue weighted by atomic mass is 16.7. The number of carbonyl (C=O) groups is 3. The number of aromatic hydroxyl groups is 2. The molecular formula is C27H29NO11. The summed E-state index contributed by atoms with van der Waals surface area (Å²) in [6.07, 6.45) is -5.12. The van der Waals surface area contributed by atoms with Gasteiger partial charge in [-0.05, 0) is 13.0 Å². The number of aliphatic hydroxyl groups excluding tert-OH is 2. The van der Waals surface area contributed by atoms with Gasteiger partial charge in [-0.3, -0.25) is 14.4 Å². The number of carbonyl (C=O) groups excluding carboxylic acids is 3. The van der Waals surface area contributed by atoms with Crippen LogP contribution in [-0.4, -0.2) is 86.7 Å². The lowest BCUT2D eigenvalue weighted by Crippen LogP contribution is -2.53. The molecule has 2 aromatic rings. The normalized spacial score (nSPS) is 29.8. The number of ether oxygens (including phenoxy) is 3. The van der Waals surface area contributed by atoms with Gasteiger partial charge in [0.15, 0.2) is 17.9 Å². The summed E-state index contributed by atoms with van der Waals surface area (Å²) in [7, 11) is 1.32. The molecule has 0 radical (unpaired) electrons. The maximum absolute atomic E-state index is 13.6. The van der Waals surface area contributed by atoms with Crippen molar-refractivity contribution in [3.63, 3.8) is 0 Å². The summed E-state index contributed by atoms with van der Waals surface area (Å²) < 4.78 is 17.0. The second-order valence-electron chi connectivity index (χ2n) is 10.2. The van der Waals surface area contributed by atoms with Crippen LogP contribution >= 0.6 is 0 Å². The van der Waals surface area contributed by atoms with Crippen LogP contribution in [0, 0.1) is 0 Å². The van der Waals surface area contributed by atoms with Crippen molar-refractivity contribution in [3.05, 3.63) is 51.6 Å². The lowest BCUT2D eigenvalue weighted by Gasteiger charge is -2.42. The second kappa shape index (κ2) is 9.66. The fourth-order valence-corrected chi connectivity index (χ4v) is 5.75. The largest absolute Gasteiger partial charge is 0.507 e. The summed E-state index contributed by atoms with van der Waals surface area (Å²) >= 11 is 0. The molecule has 2 aromatic carbocycles. The highest BCUT2D eigenvalue weighted by molar-refractivity contribution is 6.31. The molecule has 0 aromatic heterocycles. The van der Waals surface area contributed by atoms with E-state index < -0.39 is 95.7 Å². The molecule has 39 heavy (non-hydrogen) atoms. The first kappa shape index (κ1) is 27.2. The Kier molecular flexibility index (Phi) is 6.74. The summed E-state index contributed by atoms with van der Waals surface area (Å²) in [6, 6.07) is 3.64. The average molecular weight is 544 g/mol. The summed E-state index contributed by atoms with van der Waals surface area (Å²) in [6.45, 7) is 0.560. The molecule has 3 aliphatic rings. The van der Waals surface area contributed by atoms with Gasteiger partial charge in [-0.2, -0.15) is 0 Å². The lowest BCUT2D eigenvalue weighted by atomic mass is 9.72. The molecule has 208 valence electrons. The van der Waals surface area contributed by atoms with Gasteiger partial charge >= 0.3 is 0 Å². The third-order valence-corrected chi connectivity index (χ3v) is 7.81. The monoisotopic (exact) mass is 543 g/mol. The maximum Gasteiger partial charge on any atom is 0.202 e. The lowest BCUT2D eigenvalue weighted by molar-refractivity contribution is -0.247. The van der Waals surface area contributed by atoms with Crippen molar-refractivity contribution < 1.29 is 54.1 Å². The standard InChI is InChI=1S/C27H29NO11/c1-10-22(31)13(28)6-17(38-10)39-15-8-27(36,16(30)9-29)7-12-19(15)26(35)21-20(24(12)33)23(32)11-4-3-5-14(37-2)18(11)25(21)34/h3-5,10,13,15,17,22,29,31,33,35-36H,6-9,28H2,1-2H3/t10-,13-,15-,17-,22-,27-/m1/s1. The van der Waals surface area contributed by atoms with E-state index in [-0.39, 0.29) is 34.4 Å². The van der Waals surface area contributed by atoms with Crippen molar-refractivity contribution in [1.82, 2.24) is 0 Å². The molecule has 6 atom stereocenters. The van der Waals surface area contributed by atoms with Crippen LogP contribution in [0.3, 0.4) is 0 Å². The number of fused-ring (bicyclic) bond motifs is 3. The van der Waals surface area contributed by atoms with Crippen LogP contribution in [0.4, 0.5) is 0 Å². The molecule has 0 spiro atoms. The van der Waals surface area contributed by atoms with E-state index in [1.807, 2.05) is 0 Å². The molecule has 0 saturated carbocycles. The Hall–Kier alpha value is -3.39. The Morgan fingerprint density at radius 1 is 1.15 bits per heavy atom. The number of benzene rings is 2. The molecule has 1 heterocycles. The van der Waals surface area contributed by atoms with E-state index in [0.29, 0.717) is 0 Å². The Balaban J connectivity index is 1.69. The number of hydrogen-bond donors (Lipinski definition) is 6. The highest BCUT2D eigenvalue weighted by Gasteiger charge is 2.50. The number of phenolic OH excluding ortho intramolecular Hbond substituents is 2. The second-order valence-corrected chi connectivity index (χ2v) is 10.2. The smallest absolute Gasteiger partial charge is 0.202 e. The number of phenols is 2. The Morgan fingerprint density at radius 3 is 2.49 bits per heavy atom. The van der Waals surface area contributed by atoms with E-state index in [1.165, 1.54) is 25.3 Å². The van der Waals surface area contributed by atoms with Gasteiger partial charge in [0.1, 0.15) is 29.5 Å². The average Bonchev–Trinajstić information content (AvgIpc) is 2.90. The van der Waals surface area contributed by atoms with Gasteiger partial charge < -0.3 is 45.5 Å². The van der Waals surface area contributed by atoms with Gasteiger partial charge in [-0.1, -0.05) is 12.1 Å². The number of aliphatic hydroxyl groups is 3. The minimum absolute atomic E-state index is 0.0173. The molecular weight excluding hydrogens is 514 g/mol. The summed E-state index contributed by atoms with van der Waals surface area (Å²) in [5.74, 6) is -3.77. The minimum atomic E-state index is -2.24. The maximum atomic E-state index is 13.6. The van der Waals surface area contributed by atoms with Gasteiger partial charge in [-0.15, -0.1) is 0 Å². The van der Waals surface area contributed by atoms with Crippen LogP contribution < -0.4 is 10.5 Å². The van der Waals surface area contributed by atoms with Crippen LogP contribution in [0.5, 0.6) is 17.2 Å². The molecule has 0 amide bonds. The zero-order valence-electron chi connectivity index (χ0n) is 21.2. The third kappa shape index (κ3) is 4.11. The molecule has 12 nitrogen and oxygen atoms in total. The van der Waals surface area contributed by atoms with Crippen molar-refractivity contribution in [1.29, 1.82) is 0 Å². The minimum Gasteiger partial charge on any atom is -0.507 e. The summed E-state index contributed by atoms with van der Waals surface area (Å²) in [4.78, 5) is 39.7. The number of ketones is 3. The predicted octanol–water partition coefficient (Wildman–Crippen LogP) is 0.00130. The van der Waals surface area contributed by atoms with Crippen molar-refractivity contribution in [3.8, 4) is 17.2 Å². The summed E-state index contributed by atoms with van der Waals surface area (Å²) in [5, 5.41) is 53.7. The first-order valence-electron chi connectivity index (χ1n) is 12.4. The van der Waals surface area contributed by atoms with Gasteiger partial charge in [0.05, 0.1) is 42.1 Å². The van der Waals surface area contributed by atoms with Crippen LogP contribution in [-0.2, 0) is 20.7 Å². The Morgan fingerprint density at radius 2 is 1.85 bits per heavy atom. The van der Waals surface area contributed by atoms with E-state index >= 15 is 0 Å². The Bertz CT molecular complexity index is 1380. The number of methoxy groups -OCH3 is 1. The van der Waals surface area contributed by atoms with Crippen molar-refractivity contribution in [2.24, 2.45) is 5.73 Å². The van der Waals surface area contributed by atoms with Crippen molar-refractivity contribution in [2.75, 3.05) is 13.7 Å². The molecule has 0 bridgehead atoms. The number of rotatable bonds is 5. The molecule has 12 heteroatoms. The predicted molar refractivity (Wildman–Crippen MR) is 132 cm³/mol. The molecule has 1 aliphatic heterocycles. The van der Waals surface area contributed by atoms with E-state index in [2.05, 4.69) is 0 Å². The number of nitrogens with two attached hydrogens (primary N) is 1. The van der Waals surface area contributed by atoms with Crippen LogP contribution in [0.1, 0.15) is 68.8 Å². The molecule has 1 fully saturated rings. The molecule has 2 aliphatic carbocycles. The fraction of sp³-hybridized carbons (Fsp3) is 0.444. The van der Waals surface area contributed by atoms with Crippen LogP contribution in [0.2, 0.25) is 0 Å². The van der Waals surface area contributed by atoms with E-state index in [9.17, 15) is 39.9 Å². The van der Waals surface area contributed by atoms with Gasteiger partial charge in [0.2, 0.25) is 5.78 Å². The van der Waals surface area contributed by atoms with Crippen molar-refractivity contribution in [2.45, 2.75) is 62.4 Å². The van der Waals surface area contributed by atoms with Crippen LogP contribution in [0.25, 0.3) is 0 Å². The zero-order valence-corrected chi connectivity index (χ0v) is 21.2. The molecule has 1 saturated heterocycles. The Labute approximate surface area is 222 Å².